The standard InChI is InChI=1S/C28H20ClF3N2O5/c1-15-23(24(35)17-6-8-19(29)9-7-17)21-11-10-20(38-28(30,31)32)13-22(21)34(15)14-16-4-3-5-18(12-16)27(2)25(36)33-26(37)39-27/h3-13H,14H2,1-2H3,(H,33,36,37)/t27-/m0/s1. The van der Waals surface area contributed by atoms with Gasteiger partial charge >= 0.3 is 12.5 Å². The van der Waals surface area contributed by atoms with E-state index in [1.54, 1.807) is 60.0 Å². The predicted molar refractivity (Wildman–Crippen MR) is 136 cm³/mol. The Balaban J connectivity index is 1.62. The van der Waals surface area contributed by atoms with E-state index in [2.05, 4.69) is 10.1 Å². The van der Waals surface area contributed by atoms with E-state index in [-0.39, 0.29) is 12.3 Å². The number of fused-ring (bicyclic) bond motifs is 1. The van der Waals surface area contributed by atoms with Gasteiger partial charge in [-0.05, 0) is 61.9 Å². The van der Waals surface area contributed by atoms with Crippen molar-refractivity contribution in [3.63, 3.8) is 0 Å². The summed E-state index contributed by atoms with van der Waals surface area (Å²) in [6.07, 6.45) is -5.76. The predicted octanol–water partition coefficient (Wildman–Crippen LogP) is 6.26. The molecule has 0 spiro atoms. The number of halogens is 4. The van der Waals surface area contributed by atoms with Gasteiger partial charge in [0.25, 0.3) is 5.91 Å². The van der Waals surface area contributed by atoms with E-state index >= 15 is 0 Å². The Hall–Kier alpha value is -4.31. The highest BCUT2D eigenvalue weighted by Crippen LogP contribution is 2.35. The number of cyclic esters (lactones) is 1. The van der Waals surface area contributed by atoms with Gasteiger partial charge in [-0.15, -0.1) is 13.2 Å². The number of carbonyl (C=O) groups excluding carboxylic acids is 3. The van der Waals surface area contributed by atoms with Gasteiger partial charge in [0.2, 0.25) is 5.60 Å². The molecule has 3 aromatic carbocycles. The summed E-state index contributed by atoms with van der Waals surface area (Å²) in [7, 11) is 0. The number of amides is 2. The Labute approximate surface area is 225 Å². The second-order valence-electron chi connectivity index (χ2n) is 9.19. The fourth-order valence-corrected chi connectivity index (χ4v) is 4.82. The van der Waals surface area contributed by atoms with Crippen molar-refractivity contribution in [2.45, 2.75) is 32.4 Å². The van der Waals surface area contributed by atoms with Gasteiger partial charge in [-0.3, -0.25) is 14.9 Å². The normalized spacial score (nSPS) is 17.3. The largest absolute Gasteiger partial charge is 0.573 e. The molecule has 200 valence electrons. The van der Waals surface area contributed by atoms with Crippen LogP contribution in [0.3, 0.4) is 0 Å². The van der Waals surface area contributed by atoms with Gasteiger partial charge in [0.15, 0.2) is 5.78 Å². The smallest absolute Gasteiger partial charge is 0.428 e. The summed E-state index contributed by atoms with van der Waals surface area (Å²) in [4.78, 5) is 37.6. The van der Waals surface area contributed by atoms with Crippen LogP contribution < -0.4 is 10.1 Å². The molecule has 5 rings (SSSR count). The summed E-state index contributed by atoms with van der Waals surface area (Å²) < 4.78 is 50.0. The number of ketones is 1. The molecule has 4 aromatic rings. The molecular weight excluding hydrogens is 537 g/mol. The Bertz CT molecular complexity index is 1650. The minimum Gasteiger partial charge on any atom is -0.428 e. The summed E-state index contributed by atoms with van der Waals surface area (Å²) in [5.74, 6) is -1.37. The van der Waals surface area contributed by atoms with Gasteiger partial charge < -0.3 is 14.0 Å². The van der Waals surface area contributed by atoms with Crippen LogP contribution in [0.4, 0.5) is 18.0 Å². The van der Waals surface area contributed by atoms with Crippen LogP contribution in [0.15, 0.2) is 66.7 Å². The van der Waals surface area contributed by atoms with Crippen LogP contribution in [0, 0.1) is 6.92 Å². The van der Waals surface area contributed by atoms with Crippen molar-refractivity contribution in [1.82, 2.24) is 9.88 Å². The first-order valence-corrected chi connectivity index (χ1v) is 12.1. The minimum atomic E-state index is -4.90. The molecule has 1 aliphatic rings. The van der Waals surface area contributed by atoms with Gasteiger partial charge in [0, 0.05) is 39.8 Å². The topological polar surface area (TPSA) is 86.6 Å². The summed E-state index contributed by atoms with van der Waals surface area (Å²) >= 11 is 5.97. The number of aromatic nitrogens is 1. The van der Waals surface area contributed by atoms with Gasteiger partial charge in [-0.2, -0.15) is 0 Å². The van der Waals surface area contributed by atoms with Crippen molar-refractivity contribution in [3.05, 3.63) is 99.7 Å². The highest BCUT2D eigenvalue weighted by molar-refractivity contribution is 6.30. The molecule has 0 unspecified atom stereocenters. The number of rotatable bonds is 6. The number of nitrogens with one attached hydrogen (secondary N) is 1. The van der Waals surface area contributed by atoms with Crippen LogP contribution >= 0.6 is 11.6 Å². The lowest BCUT2D eigenvalue weighted by Gasteiger charge is -2.20. The number of hydrogen-bond acceptors (Lipinski definition) is 5. The third-order valence-electron chi connectivity index (χ3n) is 6.63. The van der Waals surface area contributed by atoms with Crippen molar-refractivity contribution >= 4 is 40.3 Å². The number of nitrogens with zero attached hydrogens (tertiary/aromatic N) is 1. The average Bonchev–Trinajstić information content (AvgIpc) is 3.29. The lowest BCUT2D eigenvalue weighted by Crippen LogP contribution is -2.33. The molecule has 1 N–H and O–H groups in total. The van der Waals surface area contributed by atoms with Crippen molar-refractivity contribution in [1.29, 1.82) is 0 Å². The zero-order valence-electron chi connectivity index (χ0n) is 20.6. The Morgan fingerprint density at radius 2 is 1.79 bits per heavy atom. The van der Waals surface area contributed by atoms with Crippen LogP contribution in [0.25, 0.3) is 10.9 Å². The van der Waals surface area contributed by atoms with Gasteiger partial charge in [-0.1, -0.05) is 29.8 Å². The third kappa shape index (κ3) is 4.95. The van der Waals surface area contributed by atoms with Crippen molar-refractivity contribution in [2.24, 2.45) is 0 Å². The molecule has 39 heavy (non-hydrogen) atoms. The molecule has 1 aromatic heterocycles. The number of alkyl halides is 3. The zero-order valence-corrected chi connectivity index (χ0v) is 21.3. The van der Waals surface area contributed by atoms with E-state index in [1.165, 1.54) is 19.1 Å². The van der Waals surface area contributed by atoms with Crippen molar-refractivity contribution in [2.75, 3.05) is 0 Å². The van der Waals surface area contributed by atoms with Crippen LogP contribution in [-0.4, -0.2) is 28.7 Å². The minimum absolute atomic E-state index is 0.130. The Morgan fingerprint density at radius 3 is 2.44 bits per heavy atom. The summed E-state index contributed by atoms with van der Waals surface area (Å²) in [5, 5.41) is 3.00. The molecule has 0 radical (unpaired) electrons. The number of hydrogen-bond donors (Lipinski definition) is 1. The summed E-state index contributed by atoms with van der Waals surface area (Å²) in [6.45, 7) is 3.29. The Kier molecular flexibility index (Phi) is 6.38. The second-order valence-corrected chi connectivity index (χ2v) is 9.62. The maximum Gasteiger partial charge on any atom is 0.573 e. The molecule has 1 atom stereocenters. The Morgan fingerprint density at radius 1 is 1.08 bits per heavy atom. The molecule has 1 saturated heterocycles. The number of carbonyl (C=O) groups is 3. The maximum atomic E-state index is 13.5. The third-order valence-corrected chi connectivity index (χ3v) is 6.88. The maximum absolute atomic E-state index is 13.5. The van der Waals surface area contributed by atoms with E-state index in [0.29, 0.717) is 43.9 Å². The lowest BCUT2D eigenvalue weighted by molar-refractivity contribution is -0.274. The molecule has 0 bridgehead atoms. The fourth-order valence-electron chi connectivity index (χ4n) is 4.70. The monoisotopic (exact) mass is 556 g/mol. The number of alkyl carbamates (subject to hydrolysis) is 1. The van der Waals surface area contributed by atoms with Crippen LogP contribution in [0.5, 0.6) is 5.75 Å². The van der Waals surface area contributed by atoms with E-state index in [9.17, 15) is 27.6 Å². The second kappa shape index (κ2) is 9.46. The van der Waals surface area contributed by atoms with Gasteiger partial charge in [0.05, 0.1) is 11.1 Å². The molecule has 1 fully saturated rings. The van der Waals surface area contributed by atoms with Gasteiger partial charge in [-0.25, -0.2) is 4.79 Å². The molecule has 0 aliphatic carbocycles. The van der Waals surface area contributed by atoms with E-state index < -0.39 is 29.7 Å². The number of imide groups is 1. The molecule has 0 saturated carbocycles. The molecular formula is C28H20ClF3N2O5. The van der Waals surface area contributed by atoms with Gasteiger partial charge in [0.1, 0.15) is 5.75 Å². The highest BCUT2D eigenvalue weighted by atomic mass is 35.5. The molecule has 11 heteroatoms. The summed E-state index contributed by atoms with van der Waals surface area (Å²) in [5.41, 5.74) is 1.06. The first-order valence-electron chi connectivity index (χ1n) is 11.7. The zero-order chi connectivity index (χ0) is 28.1. The average molecular weight is 557 g/mol. The van der Waals surface area contributed by atoms with Crippen LogP contribution in [-0.2, 0) is 21.7 Å². The highest BCUT2D eigenvalue weighted by Gasteiger charge is 2.46. The first-order chi connectivity index (χ1) is 18.4. The first kappa shape index (κ1) is 26.3. The quantitative estimate of drug-likeness (QED) is 0.283. The van der Waals surface area contributed by atoms with E-state index in [4.69, 9.17) is 16.3 Å². The van der Waals surface area contributed by atoms with Crippen LogP contribution in [0.1, 0.15) is 39.7 Å². The van der Waals surface area contributed by atoms with Crippen LogP contribution in [0.2, 0.25) is 5.02 Å². The molecule has 2 amide bonds. The van der Waals surface area contributed by atoms with E-state index in [0.717, 1.165) is 6.07 Å². The molecule has 1 aliphatic heterocycles. The van der Waals surface area contributed by atoms with Crippen molar-refractivity contribution in [3.8, 4) is 5.75 Å². The molecule has 7 nitrogen and oxygen atoms in total. The SMILES string of the molecule is Cc1c(C(=O)c2ccc(Cl)cc2)c2ccc(OC(F)(F)F)cc2n1Cc1cccc([C@]2(C)OC(=O)NC2=O)c1. The van der Waals surface area contributed by atoms with E-state index in [1.807, 2.05) is 0 Å². The number of benzene rings is 3. The molecule has 2 heterocycles. The number of ether oxygens (including phenoxy) is 2. The van der Waals surface area contributed by atoms with Crippen molar-refractivity contribution < 1.29 is 37.0 Å². The fraction of sp³-hybridized carbons (Fsp3) is 0.179. The summed E-state index contributed by atoms with van der Waals surface area (Å²) in [6, 6.07) is 16.8. The lowest BCUT2D eigenvalue weighted by atomic mass is 9.94.